The van der Waals surface area contributed by atoms with E-state index in [-0.39, 0.29) is 48.9 Å². The van der Waals surface area contributed by atoms with E-state index in [1.54, 1.807) is 26.8 Å². The summed E-state index contributed by atoms with van der Waals surface area (Å²) in [5.41, 5.74) is 0.0700. The number of hydrogen-bond donors (Lipinski definition) is 0. The molecule has 2 unspecified atom stereocenters. The van der Waals surface area contributed by atoms with Gasteiger partial charge in [-0.1, -0.05) is 37.5 Å². The third-order valence-electron chi connectivity index (χ3n) is 7.89. The Bertz CT molecular complexity index is 964. The van der Waals surface area contributed by atoms with E-state index in [1.807, 2.05) is 6.08 Å². The summed E-state index contributed by atoms with van der Waals surface area (Å²) in [6.45, 7) is 6.60. The molecule has 0 N–H and O–H groups in total. The summed E-state index contributed by atoms with van der Waals surface area (Å²) in [5, 5.41) is 0. The molecule has 0 spiro atoms. The molecule has 3 aliphatic rings. The number of rotatable bonds is 13. The number of halogens is 3. The van der Waals surface area contributed by atoms with Gasteiger partial charge in [0.15, 0.2) is 12.1 Å². The van der Waals surface area contributed by atoms with Gasteiger partial charge < -0.3 is 19.1 Å². The fourth-order valence-corrected chi connectivity index (χ4v) is 6.02. The van der Waals surface area contributed by atoms with Crippen LogP contribution in [0.2, 0.25) is 0 Å². The molecule has 7 nitrogen and oxygen atoms in total. The van der Waals surface area contributed by atoms with Crippen LogP contribution in [0.25, 0.3) is 0 Å². The second-order valence-corrected chi connectivity index (χ2v) is 12.5. The maximum Gasteiger partial charge on any atom is 0.471 e. The van der Waals surface area contributed by atoms with Crippen LogP contribution in [0.1, 0.15) is 91.9 Å². The van der Waals surface area contributed by atoms with E-state index in [1.165, 1.54) is 0 Å². The number of nitrogens with zero attached hydrogens (tertiary/aromatic N) is 1. The van der Waals surface area contributed by atoms with Crippen molar-refractivity contribution in [3.63, 3.8) is 0 Å². The van der Waals surface area contributed by atoms with Crippen LogP contribution in [0.4, 0.5) is 13.2 Å². The van der Waals surface area contributed by atoms with Crippen LogP contribution >= 0.6 is 0 Å². The van der Waals surface area contributed by atoms with Crippen LogP contribution in [0.5, 0.6) is 0 Å². The minimum Gasteiger partial charge on any atom is -0.459 e. The third kappa shape index (κ3) is 10.5. The molecule has 0 aromatic rings. The number of ether oxygens (including phenoxy) is 3. The predicted octanol–water partition coefficient (Wildman–Crippen LogP) is 6.31. The number of amides is 1. The Morgan fingerprint density at radius 3 is 2.54 bits per heavy atom. The van der Waals surface area contributed by atoms with Gasteiger partial charge >= 0.3 is 18.1 Å². The molecule has 1 amide bonds. The Morgan fingerprint density at radius 2 is 1.90 bits per heavy atom. The van der Waals surface area contributed by atoms with Crippen molar-refractivity contribution >= 4 is 17.7 Å². The lowest BCUT2D eigenvalue weighted by Gasteiger charge is -2.29. The maximum absolute atomic E-state index is 13.3. The zero-order valence-corrected chi connectivity index (χ0v) is 24.8. The largest absolute Gasteiger partial charge is 0.471 e. The molecular formula is C31H46F3NO6. The highest BCUT2D eigenvalue weighted by atomic mass is 19.4. The first kappa shape index (κ1) is 33.3. The number of carbonyl (C=O) groups excluding carboxylic acids is 3. The Hall–Kier alpha value is -2.20. The Balaban J connectivity index is 1.67. The summed E-state index contributed by atoms with van der Waals surface area (Å²) in [7, 11) is 0. The van der Waals surface area contributed by atoms with Crippen molar-refractivity contribution in [3.8, 4) is 0 Å². The van der Waals surface area contributed by atoms with Crippen molar-refractivity contribution in [1.82, 2.24) is 4.90 Å². The topological polar surface area (TPSA) is 82.1 Å². The standard InChI is InChI=1S/C31H46F3NO6/c1-5-6-7-10-23(36)12-13-24-25-18-21(17-22(25)19-26(24)40-28-11-8-9-16-39-28)14-15-35(29(38)31(32,33)34)20-27(37)41-30(2,3)4/h12-13,17,22,24-26,28H,5-11,14-16,18-20H2,1-4H3/t22?,24-,25+,26-,28?/m1/s1. The lowest BCUT2D eigenvalue weighted by atomic mass is 9.88. The molecule has 2 fully saturated rings. The number of hydrogen-bond acceptors (Lipinski definition) is 6. The minimum atomic E-state index is -5.09. The Morgan fingerprint density at radius 1 is 1.15 bits per heavy atom. The van der Waals surface area contributed by atoms with Crippen molar-refractivity contribution in [1.29, 1.82) is 0 Å². The molecule has 1 saturated heterocycles. The zero-order valence-electron chi connectivity index (χ0n) is 24.8. The van der Waals surface area contributed by atoms with Gasteiger partial charge in [-0.2, -0.15) is 13.2 Å². The lowest BCUT2D eigenvalue weighted by molar-refractivity contribution is -0.192. The van der Waals surface area contributed by atoms with Crippen molar-refractivity contribution in [3.05, 3.63) is 23.8 Å². The highest BCUT2D eigenvalue weighted by Crippen LogP contribution is 2.49. The van der Waals surface area contributed by atoms with Gasteiger partial charge in [0.1, 0.15) is 12.1 Å². The van der Waals surface area contributed by atoms with E-state index in [2.05, 4.69) is 13.0 Å². The third-order valence-corrected chi connectivity index (χ3v) is 7.89. The van der Waals surface area contributed by atoms with Crippen LogP contribution < -0.4 is 0 Å². The van der Waals surface area contributed by atoms with E-state index in [4.69, 9.17) is 14.2 Å². The summed E-state index contributed by atoms with van der Waals surface area (Å²) in [5.74, 6) is -2.57. The van der Waals surface area contributed by atoms with E-state index >= 15 is 0 Å². The van der Waals surface area contributed by atoms with Gasteiger partial charge in [-0.3, -0.25) is 14.4 Å². The highest BCUT2D eigenvalue weighted by Gasteiger charge is 2.46. The van der Waals surface area contributed by atoms with Gasteiger partial charge in [0, 0.05) is 25.5 Å². The predicted molar refractivity (Wildman–Crippen MR) is 148 cm³/mol. The smallest absolute Gasteiger partial charge is 0.459 e. The second-order valence-electron chi connectivity index (χ2n) is 12.5. The second kappa shape index (κ2) is 14.8. The fraction of sp³-hybridized carbons (Fsp3) is 0.774. The number of unbranched alkanes of at least 4 members (excludes halogenated alkanes) is 2. The summed E-state index contributed by atoms with van der Waals surface area (Å²) in [6.07, 6.45) is 8.15. The zero-order chi connectivity index (χ0) is 30.2. The first-order chi connectivity index (χ1) is 19.3. The Labute approximate surface area is 241 Å². The van der Waals surface area contributed by atoms with E-state index in [9.17, 15) is 27.6 Å². The van der Waals surface area contributed by atoms with Crippen LogP contribution in [0.3, 0.4) is 0 Å². The number of carbonyl (C=O) groups is 3. The van der Waals surface area contributed by atoms with Crippen molar-refractivity contribution in [2.24, 2.45) is 17.8 Å². The number of allylic oxidation sites excluding steroid dienone is 2. The van der Waals surface area contributed by atoms with E-state index in [0.717, 1.165) is 50.5 Å². The monoisotopic (exact) mass is 585 g/mol. The summed E-state index contributed by atoms with van der Waals surface area (Å²) >= 11 is 0. The quantitative estimate of drug-likeness (QED) is 0.109. The average molecular weight is 586 g/mol. The summed E-state index contributed by atoms with van der Waals surface area (Å²) in [4.78, 5) is 37.4. The molecule has 232 valence electrons. The van der Waals surface area contributed by atoms with Crippen molar-refractivity contribution in [2.75, 3.05) is 19.7 Å². The number of ketones is 1. The summed E-state index contributed by atoms with van der Waals surface area (Å²) in [6, 6.07) is 0. The number of alkyl halides is 3. The minimum absolute atomic E-state index is 0.0240. The molecule has 1 heterocycles. The van der Waals surface area contributed by atoms with Gasteiger partial charge in [0.25, 0.3) is 0 Å². The van der Waals surface area contributed by atoms with Gasteiger partial charge in [0.05, 0.1) is 6.10 Å². The molecule has 0 bridgehead atoms. The molecule has 0 radical (unpaired) electrons. The molecule has 3 rings (SSSR count). The summed E-state index contributed by atoms with van der Waals surface area (Å²) < 4.78 is 57.2. The average Bonchev–Trinajstić information content (AvgIpc) is 3.41. The molecule has 1 aliphatic heterocycles. The van der Waals surface area contributed by atoms with Gasteiger partial charge in [-0.05, 0) is 83.6 Å². The lowest BCUT2D eigenvalue weighted by Crippen LogP contribution is -2.45. The normalized spacial score (nSPS) is 26.6. The van der Waals surface area contributed by atoms with Crippen LogP contribution in [0, 0.1) is 17.8 Å². The van der Waals surface area contributed by atoms with Gasteiger partial charge in [-0.15, -0.1) is 0 Å². The first-order valence-electron chi connectivity index (χ1n) is 15.0. The molecule has 0 aromatic carbocycles. The molecular weight excluding hydrogens is 539 g/mol. The van der Waals surface area contributed by atoms with Gasteiger partial charge in [0.2, 0.25) is 0 Å². The van der Waals surface area contributed by atoms with Crippen LogP contribution in [-0.2, 0) is 28.6 Å². The molecule has 2 aliphatic carbocycles. The van der Waals surface area contributed by atoms with E-state index < -0.39 is 30.2 Å². The van der Waals surface area contributed by atoms with Crippen molar-refractivity contribution in [2.45, 2.75) is 116 Å². The van der Waals surface area contributed by atoms with Crippen LogP contribution in [-0.4, -0.2) is 66.4 Å². The maximum atomic E-state index is 13.3. The molecule has 0 aromatic heterocycles. The number of fused-ring (bicyclic) bond motifs is 1. The highest BCUT2D eigenvalue weighted by molar-refractivity contribution is 5.89. The number of esters is 1. The molecule has 41 heavy (non-hydrogen) atoms. The van der Waals surface area contributed by atoms with Crippen LogP contribution in [0.15, 0.2) is 23.8 Å². The first-order valence-corrected chi connectivity index (χ1v) is 15.0. The molecule has 1 saturated carbocycles. The van der Waals surface area contributed by atoms with E-state index in [0.29, 0.717) is 24.3 Å². The van der Waals surface area contributed by atoms with Gasteiger partial charge in [-0.25, -0.2) is 0 Å². The Kier molecular flexibility index (Phi) is 12.0. The fourth-order valence-electron chi connectivity index (χ4n) is 6.02. The van der Waals surface area contributed by atoms with Crippen molar-refractivity contribution < 1.29 is 41.8 Å². The molecule has 10 heteroatoms. The molecule has 5 atom stereocenters. The SMILES string of the molecule is CCCCCC(=O)C=C[C@H]1[C@H](OC2CCCCO2)CC2C=C(CCN(CC(=O)OC(C)(C)C)C(=O)C(F)(F)F)C[C@@H]21.